The highest BCUT2D eigenvalue weighted by Crippen LogP contribution is 2.33. The number of hydrogen-bond acceptors (Lipinski definition) is 7. The van der Waals surface area contributed by atoms with Gasteiger partial charge in [0.2, 0.25) is 0 Å². The van der Waals surface area contributed by atoms with Crippen molar-refractivity contribution in [1.82, 2.24) is 25.0 Å². The van der Waals surface area contributed by atoms with Crippen molar-refractivity contribution in [1.29, 1.82) is 0 Å². The van der Waals surface area contributed by atoms with E-state index in [0.717, 1.165) is 46.4 Å². The van der Waals surface area contributed by atoms with E-state index in [0.29, 0.717) is 18.0 Å². The number of carbonyl (C=O) groups is 1. The van der Waals surface area contributed by atoms with Gasteiger partial charge < -0.3 is 15.8 Å². The van der Waals surface area contributed by atoms with Gasteiger partial charge >= 0.3 is 0 Å². The van der Waals surface area contributed by atoms with Crippen LogP contribution in [-0.2, 0) is 11.8 Å². The second kappa shape index (κ2) is 8.22. The summed E-state index contributed by atoms with van der Waals surface area (Å²) in [5.41, 5.74) is 9.74. The molecule has 1 amide bonds. The number of rotatable bonds is 4. The number of nitrogens with two attached hydrogens (primary N) is 1. The number of H-pyrrole nitrogens is 1. The Morgan fingerprint density at radius 2 is 2.23 bits per heavy atom. The van der Waals surface area contributed by atoms with E-state index in [-0.39, 0.29) is 18.1 Å². The Kier molecular flexibility index (Phi) is 5.26. The Hall–Kier alpha value is -3.08. The number of aromatic nitrogens is 5. The highest BCUT2D eigenvalue weighted by molar-refractivity contribution is 7.13. The Morgan fingerprint density at radius 1 is 1.32 bits per heavy atom. The van der Waals surface area contributed by atoms with E-state index >= 15 is 0 Å². The molecule has 0 saturated carbocycles. The predicted octanol–water partition coefficient (Wildman–Crippen LogP) is 3.24. The van der Waals surface area contributed by atoms with Crippen molar-refractivity contribution >= 4 is 33.8 Å². The maximum atomic E-state index is 13.0. The molecule has 10 heteroatoms. The predicted molar refractivity (Wildman–Crippen MR) is 119 cm³/mol. The molecule has 9 nitrogen and oxygen atoms in total. The largest absolute Gasteiger partial charge is 0.372 e. The number of para-hydroxylation sites is 1. The van der Waals surface area contributed by atoms with Crippen LogP contribution in [0.4, 0.5) is 5.69 Å². The van der Waals surface area contributed by atoms with Crippen LogP contribution in [0.1, 0.15) is 41.5 Å². The topological polar surface area (TPSA) is 124 Å². The van der Waals surface area contributed by atoms with Crippen molar-refractivity contribution < 1.29 is 9.53 Å². The summed E-state index contributed by atoms with van der Waals surface area (Å²) in [4.78, 5) is 17.5. The number of fused-ring (bicyclic) bond motifs is 1. The number of nitrogens with zero attached hydrogens (tertiary/aromatic N) is 4. The third-order valence-electron chi connectivity index (χ3n) is 5.59. The van der Waals surface area contributed by atoms with Gasteiger partial charge in [-0.05, 0) is 25.3 Å². The summed E-state index contributed by atoms with van der Waals surface area (Å²) in [6.07, 6.45) is 5.77. The molecule has 1 saturated heterocycles. The summed E-state index contributed by atoms with van der Waals surface area (Å²) in [5.74, 6) is -0.279. The number of anilines is 1. The second-order valence-corrected chi connectivity index (χ2v) is 8.54. The molecule has 0 bridgehead atoms. The molecule has 4 aromatic rings. The van der Waals surface area contributed by atoms with Crippen LogP contribution in [0.15, 0.2) is 36.0 Å². The quantitative estimate of drug-likeness (QED) is 0.450. The molecule has 4 N–H and O–H groups in total. The van der Waals surface area contributed by atoms with Gasteiger partial charge in [0.25, 0.3) is 5.91 Å². The van der Waals surface area contributed by atoms with Crippen molar-refractivity contribution in [2.24, 2.45) is 12.8 Å². The highest BCUT2D eigenvalue weighted by atomic mass is 32.1. The smallest absolute Gasteiger partial charge is 0.275 e. The lowest BCUT2D eigenvalue weighted by Crippen LogP contribution is -2.19. The molecular formula is C21H23N7O2S. The van der Waals surface area contributed by atoms with E-state index in [2.05, 4.69) is 25.6 Å². The van der Waals surface area contributed by atoms with Crippen LogP contribution >= 0.6 is 11.3 Å². The van der Waals surface area contributed by atoms with Gasteiger partial charge in [0.05, 0.1) is 29.3 Å². The van der Waals surface area contributed by atoms with E-state index in [1.165, 1.54) is 11.3 Å². The number of aryl methyl sites for hydroxylation is 1. The number of amides is 1. The number of thiazole rings is 1. The maximum absolute atomic E-state index is 13.0. The van der Waals surface area contributed by atoms with Crippen molar-refractivity contribution in [3.05, 3.63) is 47.4 Å². The van der Waals surface area contributed by atoms with Gasteiger partial charge in [-0.2, -0.15) is 10.2 Å². The third kappa shape index (κ3) is 3.85. The molecule has 0 spiro atoms. The first kappa shape index (κ1) is 19.9. The zero-order chi connectivity index (χ0) is 21.4. The molecule has 1 fully saturated rings. The molecule has 1 aromatic carbocycles. The molecule has 5 rings (SSSR count). The minimum atomic E-state index is -0.279. The third-order valence-corrected chi connectivity index (χ3v) is 6.46. The zero-order valence-corrected chi connectivity index (χ0v) is 17.9. The number of aromatic amines is 1. The molecule has 0 aliphatic carbocycles. The summed E-state index contributed by atoms with van der Waals surface area (Å²) >= 11 is 1.42. The minimum Gasteiger partial charge on any atom is -0.372 e. The molecule has 1 aliphatic rings. The minimum absolute atomic E-state index is 0.143. The molecular weight excluding hydrogens is 414 g/mol. The van der Waals surface area contributed by atoms with E-state index in [9.17, 15) is 4.79 Å². The second-order valence-electron chi connectivity index (χ2n) is 7.68. The molecule has 3 aromatic heterocycles. The molecule has 2 atom stereocenters. The van der Waals surface area contributed by atoms with Crippen molar-refractivity contribution in [2.75, 3.05) is 11.9 Å². The lowest BCUT2D eigenvalue weighted by atomic mass is 10.1. The van der Waals surface area contributed by atoms with Gasteiger partial charge in [0.15, 0.2) is 0 Å². The van der Waals surface area contributed by atoms with Gasteiger partial charge in [-0.25, -0.2) is 4.98 Å². The lowest BCUT2D eigenvalue weighted by Gasteiger charge is -2.17. The SMILES string of the molecule is Cn1ncc(NC(=O)c2csc(-c3cccc4cn[nH]c34)n2)c1[C@@H]1CC[C@@H](N)CCO1. The van der Waals surface area contributed by atoms with Gasteiger partial charge in [0.1, 0.15) is 16.8 Å². The molecule has 1 aliphatic heterocycles. The standard InChI is InChI=1S/C21H23N7O2S/c1-28-19(17-6-5-13(22)7-8-30-17)15(10-24-28)25-20(29)16-11-31-21(26-16)14-4-2-3-12-9-23-27-18(12)14/h2-4,9-11,13,17H,5-8,22H2,1H3,(H,23,27)(H,25,29)/t13-,17+/m1/s1. The molecule has 0 unspecified atom stereocenters. The Bertz CT molecular complexity index is 1230. The Balaban J connectivity index is 1.38. The average Bonchev–Trinajstić information content (AvgIpc) is 3.48. The summed E-state index contributed by atoms with van der Waals surface area (Å²) in [6, 6.07) is 6.04. The fourth-order valence-corrected chi connectivity index (χ4v) is 4.76. The number of nitrogens with one attached hydrogen (secondary N) is 2. The molecule has 31 heavy (non-hydrogen) atoms. The Morgan fingerprint density at radius 3 is 3.13 bits per heavy atom. The normalized spacial score (nSPS) is 19.4. The monoisotopic (exact) mass is 437 g/mol. The molecule has 4 heterocycles. The van der Waals surface area contributed by atoms with E-state index in [4.69, 9.17) is 10.5 Å². The molecule has 0 radical (unpaired) electrons. The number of hydrogen-bond donors (Lipinski definition) is 3. The summed E-state index contributed by atoms with van der Waals surface area (Å²) in [5, 5.41) is 17.9. The maximum Gasteiger partial charge on any atom is 0.275 e. The van der Waals surface area contributed by atoms with Crippen LogP contribution in [0.2, 0.25) is 0 Å². The number of benzene rings is 1. The summed E-state index contributed by atoms with van der Waals surface area (Å²) in [7, 11) is 1.85. The van der Waals surface area contributed by atoms with Gasteiger partial charge in [-0.15, -0.1) is 11.3 Å². The van der Waals surface area contributed by atoms with Gasteiger partial charge in [0, 0.05) is 36.0 Å². The summed E-state index contributed by atoms with van der Waals surface area (Å²) < 4.78 is 7.76. The average molecular weight is 438 g/mol. The van der Waals surface area contributed by atoms with Crippen LogP contribution in [0.25, 0.3) is 21.5 Å². The van der Waals surface area contributed by atoms with Gasteiger partial charge in [-0.1, -0.05) is 12.1 Å². The van der Waals surface area contributed by atoms with E-state index in [1.54, 1.807) is 22.5 Å². The zero-order valence-electron chi connectivity index (χ0n) is 17.0. The highest BCUT2D eigenvalue weighted by Gasteiger charge is 2.26. The number of carbonyl (C=O) groups excluding carboxylic acids is 1. The van der Waals surface area contributed by atoms with Crippen LogP contribution in [0, 0.1) is 0 Å². The first-order valence-corrected chi connectivity index (χ1v) is 11.1. The van der Waals surface area contributed by atoms with Crippen LogP contribution in [0.3, 0.4) is 0 Å². The van der Waals surface area contributed by atoms with E-state index < -0.39 is 0 Å². The van der Waals surface area contributed by atoms with Crippen LogP contribution in [0.5, 0.6) is 0 Å². The lowest BCUT2D eigenvalue weighted by molar-refractivity contribution is 0.0529. The fraction of sp³-hybridized carbons (Fsp3) is 0.333. The van der Waals surface area contributed by atoms with Crippen molar-refractivity contribution in [3.63, 3.8) is 0 Å². The van der Waals surface area contributed by atoms with E-state index in [1.807, 2.05) is 25.2 Å². The molecule has 160 valence electrons. The Labute approximate surface area is 182 Å². The fourth-order valence-electron chi connectivity index (χ4n) is 3.93. The number of ether oxygens (including phenoxy) is 1. The van der Waals surface area contributed by atoms with Crippen molar-refractivity contribution in [2.45, 2.75) is 31.4 Å². The first-order chi connectivity index (χ1) is 15.1. The van der Waals surface area contributed by atoms with Gasteiger partial charge in [-0.3, -0.25) is 14.6 Å². The summed E-state index contributed by atoms with van der Waals surface area (Å²) in [6.45, 7) is 0.596. The van der Waals surface area contributed by atoms with Crippen LogP contribution < -0.4 is 11.1 Å². The van der Waals surface area contributed by atoms with Crippen molar-refractivity contribution in [3.8, 4) is 10.6 Å². The first-order valence-electron chi connectivity index (χ1n) is 10.2. The van der Waals surface area contributed by atoms with Crippen LogP contribution in [-0.4, -0.2) is 43.5 Å².